The van der Waals surface area contributed by atoms with Gasteiger partial charge in [0, 0.05) is 13.6 Å². The van der Waals surface area contributed by atoms with E-state index in [4.69, 9.17) is 5.73 Å². The number of likely N-dealkylation sites (N-methyl/N-ethyl adjacent to an activating group) is 1. The topological polar surface area (TPSA) is 75.4 Å². The molecule has 0 fully saturated rings. The predicted octanol–water partition coefficient (Wildman–Crippen LogP) is 0.266. The van der Waals surface area contributed by atoms with Gasteiger partial charge in [-0.05, 0) is 19.1 Å². The van der Waals surface area contributed by atoms with Crippen molar-refractivity contribution in [2.24, 2.45) is 5.73 Å². The van der Waals surface area contributed by atoms with E-state index in [1.165, 1.54) is 11.3 Å². The molecule has 0 radical (unpaired) electrons. The van der Waals surface area contributed by atoms with Crippen molar-refractivity contribution >= 4 is 23.2 Å². The highest BCUT2D eigenvalue weighted by Crippen LogP contribution is 2.14. The molecule has 0 unspecified atom stereocenters. The normalized spacial score (nSPS) is 9.42. The Balaban J connectivity index is 2.54. The molecule has 102 valence electrons. The Morgan fingerprint density at radius 2 is 2.21 bits per heavy atom. The highest BCUT2D eigenvalue weighted by molar-refractivity contribution is 7.14. The molecule has 0 aliphatic carbocycles. The van der Waals surface area contributed by atoms with Crippen LogP contribution < -0.4 is 11.1 Å². The molecule has 19 heavy (non-hydrogen) atoms. The minimum absolute atomic E-state index is 0.00485. The van der Waals surface area contributed by atoms with Crippen molar-refractivity contribution in [1.29, 1.82) is 0 Å². The number of hydrogen-bond donors (Lipinski definition) is 2. The van der Waals surface area contributed by atoms with Gasteiger partial charge in [-0.1, -0.05) is 11.8 Å². The summed E-state index contributed by atoms with van der Waals surface area (Å²) in [5.41, 5.74) is 5.28. The van der Waals surface area contributed by atoms with E-state index >= 15 is 0 Å². The smallest absolute Gasteiger partial charge is 0.261 e. The second kappa shape index (κ2) is 7.56. The minimum Gasteiger partial charge on any atom is -0.345 e. The van der Waals surface area contributed by atoms with Crippen LogP contribution in [0.15, 0.2) is 12.1 Å². The summed E-state index contributed by atoms with van der Waals surface area (Å²) in [6.45, 7) is 2.79. The lowest BCUT2D eigenvalue weighted by molar-refractivity contribution is -0.128. The van der Waals surface area contributed by atoms with E-state index in [2.05, 4.69) is 17.2 Å². The zero-order valence-electron chi connectivity index (χ0n) is 11.0. The van der Waals surface area contributed by atoms with Crippen molar-refractivity contribution in [3.8, 4) is 11.8 Å². The summed E-state index contributed by atoms with van der Waals surface area (Å²) < 4.78 is 0. The summed E-state index contributed by atoms with van der Waals surface area (Å²) in [5, 5.41) is 2.59. The van der Waals surface area contributed by atoms with Gasteiger partial charge in [-0.2, -0.15) is 0 Å². The number of thiophene rings is 1. The molecule has 1 rings (SSSR count). The molecule has 6 heteroatoms. The molecule has 0 bridgehead atoms. The molecule has 2 amide bonds. The van der Waals surface area contributed by atoms with Gasteiger partial charge >= 0.3 is 0 Å². The zero-order valence-corrected chi connectivity index (χ0v) is 11.8. The number of nitrogens with zero attached hydrogens (tertiary/aromatic N) is 1. The van der Waals surface area contributed by atoms with Crippen LogP contribution in [0.1, 0.15) is 21.5 Å². The molecule has 0 spiro atoms. The van der Waals surface area contributed by atoms with Gasteiger partial charge in [0.15, 0.2) is 0 Å². The first kappa shape index (κ1) is 15.2. The lowest BCUT2D eigenvalue weighted by atomic mass is 10.4. The maximum absolute atomic E-state index is 11.8. The number of rotatable bonds is 4. The molecular weight excluding hydrogens is 262 g/mol. The Labute approximate surface area is 116 Å². The number of amides is 2. The van der Waals surface area contributed by atoms with Crippen LogP contribution in [0.5, 0.6) is 0 Å². The monoisotopic (exact) mass is 279 g/mol. The average molecular weight is 279 g/mol. The molecule has 3 N–H and O–H groups in total. The Morgan fingerprint density at radius 3 is 2.84 bits per heavy atom. The van der Waals surface area contributed by atoms with E-state index in [9.17, 15) is 9.59 Å². The van der Waals surface area contributed by atoms with Gasteiger partial charge in [-0.25, -0.2) is 0 Å². The van der Waals surface area contributed by atoms with Crippen molar-refractivity contribution in [3.63, 3.8) is 0 Å². The fraction of sp³-hybridized carbons (Fsp3) is 0.385. The van der Waals surface area contributed by atoms with E-state index in [1.54, 1.807) is 24.1 Å². The molecule has 0 aromatic carbocycles. The van der Waals surface area contributed by atoms with E-state index in [-0.39, 0.29) is 24.9 Å². The Bertz CT molecular complexity index is 513. The number of nitrogens with one attached hydrogen (secondary N) is 1. The van der Waals surface area contributed by atoms with Crippen LogP contribution in [0.4, 0.5) is 0 Å². The van der Waals surface area contributed by atoms with Crippen molar-refractivity contribution in [1.82, 2.24) is 10.2 Å². The number of hydrogen-bond acceptors (Lipinski definition) is 4. The largest absolute Gasteiger partial charge is 0.345 e. The third-order valence-corrected chi connectivity index (χ3v) is 3.44. The van der Waals surface area contributed by atoms with Crippen molar-refractivity contribution < 1.29 is 9.59 Å². The maximum Gasteiger partial charge on any atom is 0.261 e. The first-order valence-corrected chi connectivity index (χ1v) is 6.71. The molecule has 1 aromatic rings. The highest BCUT2D eigenvalue weighted by Gasteiger charge is 2.11. The van der Waals surface area contributed by atoms with Gasteiger partial charge < -0.3 is 16.0 Å². The van der Waals surface area contributed by atoms with Crippen molar-refractivity contribution in [2.75, 3.05) is 26.7 Å². The summed E-state index contributed by atoms with van der Waals surface area (Å²) >= 11 is 1.28. The fourth-order valence-electron chi connectivity index (χ4n) is 1.22. The molecular formula is C13H17N3O2S. The molecule has 0 atom stereocenters. The average Bonchev–Trinajstić information content (AvgIpc) is 2.89. The molecule has 0 aliphatic heterocycles. The Morgan fingerprint density at radius 1 is 1.47 bits per heavy atom. The lowest BCUT2D eigenvalue weighted by Crippen LogP contribution is -2.37. The molecule has 1 aromatic heterocycles. The van der Waals surface area contributed by atoms with Crippen LogP contribution in [0.25, 0.3) is 0 Å². The summed E-state index contributed by atoms with van der Waals surface area (Å²) in [6.07, 6.45) is 0. The Hall–Kier alpha value is -1.84. The van der Waals surface area contributed by atoms with Crippen LogP contribution in [-0.2, 0) is 4.79 Å². The SMILES string of the molecule is CCN(C)C(=O)CNC(=O)c1ccc(C#CCN)s1. The van der Waals surface area contributed by atoms with E-state index in [0.29, 0.717) is 11.4 Å². The summed E-state index contributed by atoms with van der Waals surface area (Å²) in [5.74, 6) is 5.21. The third-order valence-electron chi connectivity index (χ3n) is 2.44. The molecule has 0 saturated carbocycles. The van der Waals surface area contributed by atoms with Gasteiger partial charge in [0.25, 0.3) is 5.91 Å². The van der Waals surface area contributed by atoms with Gasteiger partial charge in [0.2, 0.25) is 5.91 Å². The summed E-state index contributed by atoms with van der Waals surface area (Å²) in [6, 6.07) is 3.46. The maximum atomic E-state index is 11.8. The fourth-order valence-corrected chi connectivity index (χ4v) is 2.02. The first-order valence-electron chi connectivity index (χ1n) is 5.89. The number of carbonyl (C=O) groups excluding carboxylic acids is 2. The summed E-state index contributed by atoms with van der Waals surface area (Å²) in [7, 11) is 1.69. The molecule has 0 aliphatic rings. The van der Waals surface area contributed by atoms with Gasteiger partial charge in [0.05, 0.1) is 22.8 Å². The first-order chi connectivity index (χ1) is 9.08. The van der Waals surface area contributed by atoms with Gasteiger partial charge in [-0.15, -0.1) is 11.3 Å². The lowest BCUT2D eigenvalue weighted by Gasteiger charge is -2.14. The molecule has 0 saturated heterocycles. The number of carbonyl (C=O) groups is 2. The summed E-state index contributed by atoms with van der Waals surface area (Å²) in [4.78, 5) is 26.2. The van der Waals surface area contributed by atoms with Gasteiger partial charge in [-0.3, -0.25) is 9.59 Å². The van der Waals surface area contributed by atoms with Crippen LogP contribution in [0, 0.1) is 11.8 Å². The molecule has 5 nitrogen and oxygen atoms in total. The zero-order chi connectivity index (χ0) is 14.3. The van der Waals surface area contributed by atoms with Gasteiger partial charge in [0.1, 0.15) is 0 Å². The van der Waals surface area contributed by atoms with Crippen LogP contribution >= 0.6 is 11.3 Å². The van der Waals surface area contributed by atoms with E-state index in [1.807, 2.05) is 6.92 Å². The minimum atomic E-state index is -0.261. The number of nitrogens with two attached hydrogens (primary N) is 1. The predicted molar refractivity (Wildman–Crippen MR) is 75.9 cm³/mol. The quantitative estimate of drug-likeness (QED) is 0.777. The highest BCUT2D eigenvalue weighted by atomic mass is 32.1. The van der Waals surface area contributed by atoms with Crippen LogP contribution in [0.2, 0.25) is 0 Å². The van der Waals surface area contributed by atoms with Crippen molar-refractivity contribution in [3.05, 3.63) is 21.9 Å². The Kier molecular flexibility index (Phi) is 6.06. The van der Waals surface area contributed by atoms with Crippen LogP contribution in [0.3, 0.4) is 0 Å². The standard InChI is InChI=1S/C13H17N3O2S/c1-3-16(2)12(17)9-15-13(18)11-7-6-10(19-11)5-4-8-14/h6-7H,3,8-9,14H2,1-2H3,(H,15,18). The second-order valence-corrected chi connectivity index (χ2v) is 4.84. The van der Waals surface area contributed by atoms with Crippen molar-refractivity contribution in [2.45, 2.75) is 6.92 Å². The third kappa shape index (κ3) is 4.73. The van der Waals surface area contributed by atoms with Crippen LogP contribution in [-0.4, -0.2) is 43.4 Å². The molecule has 1 heterocycles. The second-order valence-electron chi connectivity index (χ2n) is 3.76. The van der Waals surface area contributed by atoms with E-state index in [0.717, 1.165) is 4.88 Å². The van der Waals surface area contributed by atoms with E-state index < -0.39 is 0 Å².